The van der Waals surface area contributed by atoms with E-state index in [4.69, 9.17) is 4.74 Å². The molecule has 0 atom stereocenters. The van der Waals surface area contributed by atoms with Crippen molar-refractivity contribution in [1.29, 1.82) is 0 Å². The number of carbonyl (C=O) groups is 1. The molecule has 0 amide bonds. The topological polar surface area (TPSA) is 39.2 Å². The highest BCUT2D eigenvalue weighted by atomic mass is 19.1. The van der Waals surface area contributed by atoms with E-state index in [1.54, 1.807) is 18.2 Å². The van der Waals surface area contributed by atoms with Gasteiger partial charge in [0.1, 0.15) is 11.6 Å². The molecule has 33 heavy (non-hydrogen) atoms. The van der Waals surface area contributed by atoms with Crippen LogP contribution in [0.15, 0.2) is 60.8 Å². The van der Waals surface area contributed by atoms with Gasteiger partial charge in [0.25, 0.3) is 0 Å². The van der Waals surface area contributed by atoms with Gasteiger partial charge in [0.05, 0.1) is 11.3 Å². The summed E-state index contributed by atoms with van der Waals surface area (Å²) in [5.41, 5.74) is 3.89. The number of nitrogens with zero attached hydrogens (tertiary/aromatic N) is 1. The minimum Gasteiger partial charge on any atom is -0.423 e. The molecule has 0 fully saturated rings. The molecule has 0 bridgehead atoms. The second kappa shape index (κ2) is 12.9. The summed E-state index contributed by atoms with van der Waals surface area (Å²) in [4.78, 5) is 17.0. The van der Waals surface area contributed by atoms with Crippen LogP contribution in [0.4, 0.5) is 4.39 Å². The fraction of sp³-hybridized carbons (Fsp3) is 0.379. The molecule has 0 N–H and O–H groups in total. The summed E-state index contributed by atoms with van der Waals surface area (Å²) in [5.74, 6) is -0.867. The number of pyridine rings is 1. The fourth-order valence-electron chi connectivity index (χ4n) is 3.88. The number of unbranched alkanes of at least 4 members (excludes halogenated alkanes) is 5. The minimum absolute atomic E-state index is 0.0541. The molecule has 0 radical (unpaired) electrons. The van der Waals surface area contributed by atoms with E-state index >= 15 is 0 Å². The third kappa shape index (κ3) is 7.52. The molecule has 1 aromatic heterocycles. The van der Waals surface area contributed by atoms with Crippen LogP contribution in [0, 0.1) is 5.82 Å². The van der Waals surface area contributed by atoms with Crippen LogP contribution < -0.4 is 4.74 Å². The van der Waals surface area contributed by atoms with Crippen molar-refractivity contribution in [2.45, 2.75) is 71.6 Å². The van der Waals surface area contributed by atoms with Crippen LogP contribution in [0.5, 0.6) is 5.75 Å². The second-order valence-corrected chi connectivity index (χ2v) is 8.55. The smallest absolute Gasteiger partial charge is 0.346 e. The van der Waals surface area contributed by atoms with Gasteiger partial charge in [0.2, 0.25) is 0 Å². The summed E-state index contributed by atoms with van der Waals surface area (Å²) in [6, 6.07) is 16.0. The summed E-state index contributed by atoms with van der Waals surface area (Å²) >= 11 is 0. The SMILES string of the molecule is CCCCCCCCc1ccc(-c2ccc(OC(=O)c3ccc(CCC)cc3F)cc2)nc1. The summed E-state index contributed by atoms with van der Waals surface area (Å²) in [6.45, 7) is 4.27. The molecule has 3 nitrogen and oxygen atoms in total. The van der Waals surface area contributed by atoms with E-state index in [2.05, 4.69) is 18.0 Å². The molecule has 174 valence electrons. The monoisotopic (exact) mass is 447 g/mol. The number of benzene rings is 2. The maximum Gasteiger partial charge on any atom is 0.346 e. The normalized spacial score (nSPS) is 10.9. The number of hydrogen-bond acceptors (Lipinski definition) is 3. The summed E-state index contributed by atoms with van der Waals surface area (Å²) in [6.07, 6.45) is 12.4. The van der Waals surface area contributed by atoms with Crippen LogP contribution in [0.25, 0.3) is 11.3 Å². The van der Waals surface area contributed by atoms with Crippen LogP contribution in [-0.4, -0.2) is 11.0 Å². The number of halogens is 1. The van der Waals surface area contributed by atoms with Crippen molar-refractivity contribution >= 4 is 5.97 Å². The first-order valence-corrected chi connectivity index (χ1v) is 12.2. The first-order valence-electron chi connectivity index (χ1n) is 12.2. The van der Waals surface area contributed by atoms with Crippen molar-refractivity contribution in [3.05, 3.63) is 83.3 Å². The Bertz CT molecular complexity index is 1010. The zero-order valence-corrected chi connectivity index (χ0v) is 19.8. The molecule has 0 aliphatic heterocycles. The number of hydrogen-bond donors (Lipinski definition) is 0. The molecular weight excluding hydrogens is 413 g/mol. The molecule has 0 spiro atoms. The standard InChI is InChI=1S/C29H34FNO2/c1-3-5-6-7-8-9-11-23-13-19-28(31-21-23)24-14-16-25(17-15-24)33-29(32)26-18-12-22(10-4-2)20-27(26)30/h12-21H,3-11H2,1-2H3. The molecule has 0 aliphatic rings. The van der Waals surface area contributed by atoms with E-state index < -0.39 is 11.8 Å². The first-order chi connectivity index (χ1) is 16.1. The van der Waals surface area contributed by atoms with Crippen LogP contribution in [0.3, 0.4) is 0 Å². The van der Waals surface area contributed by atoms with E-state index in [0.29, 0.717) is 5.75 Å². The van der Waals surface area contributed by atoms with E-state index in [9.17, 15) is 9.18 Å². The Kier molecular flexibility index (Phi) is 9.61. The summed E-state index contributed by atoms with van der Waals surface area (Å²) in [5, 5.41) is 0. The van der Waals surface area contributed by atoms with Gasteiger partial charge in [-0.25, -0.2) is 9.18 Å². The fourth-order valence-corrected chi connectivity index (χ4v) is 3.88. The lowest BCUT2D eigenvalue weighted by molar-refractivity contribution is 0.0730. The van der Waals surface area contributed by atoms with Crippen molar-refractivity contribution in [2.75, 3.05) is 0 Å². The molecule has 3 aromatic rings. The van der Waals surface area contributed by atoms with Crippen molar-refractivity contribution < 1.29 is 13.9 Å². The van der Waals surface area contributed by atoms with Gasteiger partial charge in [-0.05, 0) is 72.9 Å². The average Bonchev–Trinajstić information content (AvgIpc) is 2.82. The minimum atomic E-state index is -0.694. The van der Waals surface area contributed by atoms with Gasteiger partial charge in [0, 0.05) is 11.8 Å². The van der Waals surface area contributed by atoms with Crippen LogP contribution >= 0.6 is 0 Å². The van der Waals surface area contributed by atoms with Crippen molar-refractivity contribution in [3.8, 4) is 17.0 Å². The first kappa shape index (κ1) is 24.6. The van der Waals surface area contributed by atoms with E-state index in [-0.39, 0.29) is 5.56 Å². The van der Waals surface area contributed by atoms with Crippen LogP contribution in [0.1, 0.15) is 80.3 Å². The average molecular weight is 448 g/mol. The maximum atomic E-state index is 14.3. The number of esters is 1. The van der Waals surface area contributed by atoms with Gasteiger partial charge in [-0.1, -0.05) is 64.5 Å². The predicted molar refractivity (Wildman–Crippen MR) is 132 cm³/mol. The molecule has 0 unspecified atom stereocenters. The van der Waals surface area contributed by atoms with E-state index in [0.717, 1.165) is 36.1 Å². The molecule has 0 saturated carbocycles. The highest BCUT2D eigenvalue weighted by Gasteiger charge is 2.15. The van der Waals surface area contributed by atoms with E-state index in [1.165, 1.54) is 56.2 Å². The number of aromatic nitrogens is 1. The Balaban J connectivity index is 1.54. The Hall–Kier alpha value is -3.01. The van der Waals surface area contributed by atoms with Gasteiger partial charge in [-0.15, -0.1) is 0 Å². The Labute approximate surface area is 197 Å². The van der Waals surface area contributed by atoms with Crippen molar-refractivity contribution in [1.82, 2.24) is 4.98 Å². The second-order valence-electron chi connectivity index (χ2n) is 8.55. The number of rotatable bonds is 12. The Morgan fingerprint density at radius 3 is 2.21 bits per heavy atom. The van der Waals surface area contributed by atoms with Crippen LogP contribution in [-0.2, 0) is 12.8 Å². The zero-order chi connectivity index (χ0) is 23.5. The van der Waals surface area contributed by atoms with Gasteiger partial charge >= 0.3 is 5.97 Å². The maximum absolute atomic E-state index is 14.3. The zero-order valence-electron chi connectivity index (χ0n) is 19.8. The molecule has 1 heterocycles. The lowest BCUT2D eigenvalue weighted by atomic mass is 10.0. The van der Waals surface area contributed by atoms with Gasteiger partial charge in [-0.3, -0.25) is 4.98 Å². The summed E-state index contributed by atoms with van der Waals surface area (Å²) < 4.78 is 19.7. The van der Waals surface area contributed by atoms with Gasteiger partial charge in [-0.2, -0.15) is 0 Å². The highest BCUT2D eigenvalue weighted by molar-refractivity contribution is 5.91. The molecule has 4 heteroatoms. The Morgan fingerprint density at radius 2 is 1.55 bits per heavy atom. The van der Waals surface area contributed by atoms with Gasteiger partial charge < -0.3 is 4.74 Å². The van der Waals surface area contributed by atoms with E-state index in [1.807, 2.05) is 31.3 Å². The number of carbonyl (C=O) groups excluding carboxylic acids is 1. The molecule has 0 aliphatic carbocycles. The predicted octanol–water partition coefficient (Wildman–Crippen LogP) is 7.96. The van der Waals surface area contributed by atoms with Gasteiger partial charge in [0.15, 0.2) is 0 Å². The van der Waals surface area contributed by atoms with Crippen molar-refractivity contribution in [3.63, 3.8) is 0 Å². The van der Waals surface area contributed by atoms with Crippen molar-refractivity contribution in [2.24, 2.45) is 0 Å². The quantitative estimate of drug-likeness (QED) is 0.161. The molecule has 3 rings (SSSR count). The molecule has 2 aromatic carbocycles. The lowest BCUT2D eigenvalue weighted by Gasteiger charge is -2.08. The highest BCUT2D eigenvalue weighted by Crippen LogP contribution is 2.23. The molecular formula is C29H34FNO2. The number of ether oxygens (including phenoxy) is 1. The third-order valence-corrected chi connectivity index (χ3v) is 5.80. The summed E-state index contributed by atoms with van der Waals surface area (Å²) in [7, 11) is 0. The third-order valence-electron chi connectivity index (χ3n) is 5.80. The largest absolute Gasteiger partial charge is 0.423 e. The molecule has 0 saturated heterocycles. The Morgan fingerprint density at radius 1 is 0.818 bits per heavy atom. The number of aryl methyl sites for hydroxylation is 2. The lowest BCUT2D eigenvalue weighted by Crippen LogP contribution is -2.11. The van der Waals surface area contributed by atoms with Crippen LogP contribution in [0.2, 0.25) is 0 Å².